The van der Waals surface area contributed by atoms with Gasteiger partial charge in [0.25, 0.3) is 0 Å². The summed E-state index contributed by atoms with van der Waals surface area (Å²) in [5.74, 6) is 0.519. The molecule has 0 aliphatic carbocycles. The molecule has 1 amide bonds. The summed E-state index contributed by atoms with van der Waals surface area (Å²) >= 11 is 1.53. The zero-order valence-corrected chi connectivity index (χ0v) is 11.9. The highest BCUT2D eigenvalue weighted by molar-refractivity contribution is 7.13. The Hall–Kier alpha value is -0.940. The molecule has 1 fully saturated rings. The van der Waals surface area contributed by atoms with Crippen LogP contribution in [0.25, 0.3) is 0 Å². The standard InChI is InChI=1S/C13H21N3OS/c1-3-6-16-7-4-11(5-8-16)12-9-18-13(15-12)14-10(2)17/h9,11H,3-8H2,1-2H3,(H,14,15,17). The second kappa shape index (κ2) is 6.29. The van der Waals surface area contributed by atoms with Crippen molar-refractivity contribution in [2.24, 2.45) is 0 Å². The van der Waals surface area contributed by atoms with Crippen molar-refractivity contribution in [2.45, 2.75) is 39.0 Å². The third-order valence-electron chi connectivity index (χ3n) is 3.35. The summed E-state index contributed by atoms with van der Waals surface area (Å²) in [6, 6.07) is 0. The maximum absolute atomic E-state index is 11.0. The highest BCUT2D eigenvalue weighted by atomic mass is 32.1. The molecule has 18 heavy (non-hydrogen) atoms. The van der Waals surface area contributed by atoms with Gasteiger partial charge in [0.15, 0.2) is 5.13 Å². The highest BCUT2D eigenvalue weighted by Gasteiger charge is 2.22. The van der Waals surface area contributed by atoms with Gasteiger partial charge >= 0.3 is 0 Å². The first-order valence-electron chi connectivity index (χ1n) is 6.64. The molecule has 0 bridgehead atoms. The predicted octanol–water partition coefficient (Wildman–Crippen LogP) is 2.69. The van der Waals surface area contributed by atoms with Crippen molar-refractivity contribution in [1.29, 1.82) is 0 Å². The lowest BCUT2D eigenvalue weighted by Crippen LogP contribution is -2.33. The number of aromatic nitrogens is 1. The van der Waals surface area contributed by atoms with Crippen molar-refractivity contribution in [3.8, 4) is 0 Å². The van der Waals surface area contributed by atoms with Gasteiger partial charge in [-0.3, -0.25) is 4.79 Å². The molecule has 0 aromatic carbocycles. The smallest absolute Gasteiger partial charge is 0.223 e. The van der Waals surface area contributed by atoms with E-state index >= 15 is 0 Å². The van der Waals surface area contributed by atoms with Crippen molar-refractivity contribution in [3.63, 3.8) is 0 Å². The topological polar surface area (TPSA) is 45.2 Å². The monoisotopic (exact) mass is 267 g/mol. The molecular formula is C13H21N3OS. The molecule has 0 atom stereocenters. The second-order valence-corrected chi connectivity index (χ2v) is 5.73. The Morgan fingerprint density at radius 1 is 1.56 bits per heavy atom. The maximum Gasteiger partial charge on any atom is 0.223 e. The Bertz CT molecular complexity index is 397. The number of amides is 1. The number of thiazole rings is 1. The Morgan fingerprint density at radius 3 is 2.89 bits per heavy atom. The Labute approximate surface area is 112 Å². The number of hydrogen-bond acceptors (Lipinski definition) is 4. The van der Waals surface area contributed by atoms with E-state index in [0.29, 0.717) is 5.92 Å². The van der Waals surface area contributed by atoms with Gasteiger partial charge in [-0.1, -0.05) is 6.92 Å². The molecule has 100 valence electrons. The third-order valence-corrected chi connectivity index (χ3v) is 4.13. The Balaban J connectivity index is 1.89. The molecule has 2 rings (SSSR count). The van der Waals surface area contributed by atoms with Gasteiger partial charge in [0.1, 0.15) is 0 Å². The first-order valence-corrected chi connectivity index (χ1v) is 7.52. The molecular weight excluding hydrogens is 246 g/mol. The van der Waals surface area contributed by atoms with Crippen molar-refractivity contribution in [3.05, 3.63) is 11.1 Å². The van der Waals surface area contributed by atoms with Crippen LogP contribution < -0.4 is 5.32 Å². The van der Waals surface area contributed by atoms with E-state index in [1.54, 1.807) is 0 Å². The summed E-state index contributed by atoms with van der Waals surface area (Å²) in [6.07, 6.45) is 3.60. The molecule has 1 saturated heterocycles. The Kier molecular flexibility index (Phi) is 4.72. The van der Waals surface area contributed by atoms with E-state index in [1.165, 1.54) is 57.2 Å². The van der Waals surface area contributed by atoms with Gasteiger partial charge in [-0.25, -0.2) is 4.98 Å². The van der Waals surface area contributed by atoms with E-state index in [0.717, 1.165) is 10.8 Å². The lowest BCUT2D eigenvalue weighted by atomic mass is 9.94. The van der Waals surface area contributed by atoms with Crippen LogP contribution in [-0.2, 0) is 4.79 Å². The van der Waals surface area contributed by atoms with Crippen molar-refractivity contribution < 1.29 is 4.79 Å². The van der Waals surface area contributed by atoms with E-state index in [9.17, 15) is 4.79 Å². The molecule has 5 heteroatoms. The summed E-state index contributed by atoms with van der Waals surface area (Å²) < 4.78 is 0. The molecule has 2 heterocycles. The molecule has 1 N–H and O–H groups in total. The molecule has 0 radical (unpaired) electrons. The molecule has 0 unspecified atom stereocenters. The average molecular weight is 267 g/mol. The van der Waals surface area contributed by atoms with E-state index < -0.39 is 0 Å². The maximum atomic E-state index is 11.0. The minimum absolute atomic E-state index is 0.0475. The molecule has 1 aromatic heterocycles. The fourth-order valence-corrected chi connectivity index (χ4v) is 3.29. The minimum Gasteiger partial charge on any atom is -0.303 e. The van der Waals surface area contributed by atoms with Crippen LogP contribution in [0.15, 0.2) is 5.38 Å². The van der Waals surface area contributed by atoms with Gasteiger partial charge in [-0.2, -0.15) is 0 Å². The number of anilines is 1. The van der Waals surface area contributed by atoms with Gasteiger partial charge < -0.3 is 10.2 Å². The van der Waals surface area contributed by atoms with Crippen LogP contribution in [-0.4, -0.2) is 35.4 Å². The van der Waals surface area contributed by atoms with Crippen molar-refractivity contribution in [2.75, 3.05) is 25.0 Å². The van der Waals surface area contributed by atoms with Crippen LogP contribution in [0.2, 0.25) is 0 Å². The summed E-state index contributed by atoms with van der Waals surface area (Å²) in [5, 5.41) is 5.57. The molecule has 1 aromatic rings. The van der Waals surface area contributed by atoms with E-state index in [4.69, 9.17) is 0 Å². The van der Waals surface area contributed by atoms with Crippen LogP contribution in [0.4, 0.5) is 5.13 Å². The van der Waals surface area contributed by atoms with E-state index in [-0.39, 0.29) is 5.91 Å². The largest absolute Gasteiger partial charge is 0.303 e. The van der Waals surface area contributed by atoms with Gasteiger partial charge in [0, 0.05) is 18.2 Å². The third kappa shape index (κ3) is 3.53. The molecule has 0 saturated carbocycles. The Morgan fingerprint density at radius 2 is 2.28 bits per heavy atom. The summed E-state index contributed by atoms with van der Waals surface area (Å²) in [5.41, 5.74) is 1.15. The number of nitrogens with zero attached hydrogens (tertiary/aromatic N) is 2. The molecule has 1 aliphatic heterocycles. The lowest BCUT2D eigenvalue weighted by Gasteiger charge is -2.30. The molecule has 1 aliphatic rings. The number of nitrogens with one attached hydrogen (secondary N) is 1. The number of carbonyl (C=O) groups is 1. The highest BCUT2D eigenvalue weighted by Crippen LogP contribution is 2.30. The summed E-state index contributed by atoms with van der Waals surface area (Å²) in [7, 11) is 0. The van der Waals surface area contributed by atoms with Crippen LogP contribution in [0.3, 0.4) is 0 Å². The van der Waals surface area contributed by atoms with Gasteiger partial charge in [0.05, 0.1) is 5.69 Å². The SMILES string of the molecule is CCCN1CCC(c2csc(NC(C)=O)n2)CC1. The molecule has 4 nitrogen and oxygen atoms in total. The summed E-state index contributed by atoms with van der Waals surface area (Å²) in [6.45, 7) is 7.30. The number of likely N-dealkylation sites (tertiary alicyclic amines) is 1. The van der Waals surface area contributed by atoms with Crippen LogP contribution >= 0.6 is 11.3 Å². The second-order valence-electron chi connectivity index (χ2n) is 4.87. The normalized spacial score (nSPS) is 17.9. The number of piperidine rings is 1. The zero-order valence-electron chi connectivity index (χ0n) is 11.1. The number of hydrogen-bond donors (Lipinski definition) is 1. The van der Waals surface area contributed by atoms with Gasteiger partial charge in [-0.05, 0) is 38.9 Å². The minimum atomic E-state index is -0.0475. The molecule has 0 spiro atoms. The van der Waals surface area contributed by atoms with E-state index in [1.807, 2.05) is 0 Å². The fraction of sp³-hybridized carbons (Fsp3) is 0.692. The number of carbonyl (C=O) groups excluding carboxylic acids is 1. The van der Waals surface area contributed by atoms with Crippen molar-refractivity contribution in [1.82, 2.24) is 9.88 Å². The lowest BCUT2D eigenvalue weighted by molar-refractivity contribution is -0.114. The quantitative estimate of drug-likeness (QED) is 0.912. The van der Waals surface area contributed by atoms with Crippen molar-refractivity contribution >= 4 is 22.4 Å². The van der Waals surface area contributed by atoms with Gasteiger partial charge in [-0.15, -0.1) is 11.3 Å². The van der Waals surface area contributed by atoms with Crippen LogP contribution in [0.5, 0.6) is 0 Å². The van der Waals surface area contributed by atoms with E-state index in [2.05, 4.69) is 27.5 Å². The first kappa shape index (κ1) is 13.5. The van der Waals surface area contributed by atoms with Gasteiger partial charge in [0.2, 0.25) is 5.91 Å². The fourth-order valence-electron chi connectivity index (χ4n) is 2.45. The first-order chi connectivity index (χ1) is 8.69. The average Bonchev–Trinajstić information content (AvgIpc) is 2.78. The van der Waals surface area contributed by atoms with Crippen LogP contribution in [0, 0.1) is 0 Å². The summed E-state index contributed by atoms with van der Waals surface area (Å²) in [4.78, 5) is 18.0. The zero-order chi connectivity index (χ0) is 13.0. The number of rotatable bonds is 4. The predicted molar refractivity (Wildman–Crippen MR) is 75.1 cm³/mol. The van der Waals surface area contributed by atoms with Crippen LogP contribution in [0.1, 0.15) is 44.7 Å².